The van der Waals surface area contributed by atoms with Gasteiger partial charge in [-0.3, -0.25) is 5.32 Å². The monoisotopic (exact) mass is 287 g/mol. The first kappa shape index (κ1) is 14.7. The van der Waals surface area contributed by atoms with Gasteiger partial charge >= 0.3 is 6.09 Å². The molecule has 0 bridgehead atoms. The molecule has 0 saturated carbocycles. The van der Waals surface area contributed by atoms with Crippen LogP contribution in [0.5, 0.6) is 11.5 Å². The van der Waals surface area contributed by atoms with E-state index in [2.05, 4.69) is 5.32 Å². The average molecular weight is 287 g/mol. The quantitative estimate of drug-likeness (QED) is 0.805. The summed E-state index contributed by atoms with van der Waals surface area (Å²) in [6.07, 6.45) is -0.522. The predicted molar refractivity (Wildman–Crippen MR) is 80.6 cm³/mol. The summed E-state index contributed by atoms with van der Waals surface area (Å²) in [4.78, 5) is 11.3. The van der Waals surface area contributed by atoms with Crippen LogP contribution >= 0.6 is 0 Å². The highest BCUT2D eigenvalue weighted by atomic mass is 16.5. The second-order valence-electron chi connectivity index (χ2n) is 4.60. The number of carbonyl (C=O) groups is 1. The van der Waals surface area contributed by atoms with E-state index < -0.39 is 6.09 Å². The van der Waals surface area contributed by atoms with Crippen LogP contribution in [0.25, 0.3) is 11.1 Å². The maximum Gasteiger partial charge on any atom is 0.411 e. The highest BCUT2D eigenvalue weighted by Crippen LogP contribution is 2.38. The van der Waals surface area contributed by atoms with E-state index in [1.165, 1.54) is 0 Å². The molecule has 0 atom stereocenters. The van der Waals surface area contributed by atoms with Gasteiger partial charge in [0.25, 0.3) is 0 Å². The molecule has 5 heteroatoms. The van der Waals surface area contributed by atoms with Crippen molar-refractivity contribution in [2.45, 2.75) is 13.8 Å². The van der Waals surface area contributed by atoms with Crippen molar-refractivity contribution in [3.05, 3.63) is 42.0 Å². The summed E-state index contributed by atoms with van der Waals surface area (Å²) in [5.74, 6) is 0.0252. The molecule has 0 aliphatic heterocycles. The number of hydrogen-bond donors (Lipinski definition) is 3. The SMILES string of the molecule is CCOC(=O)Nc1ccc(-c2c(O)cc(C)cc2O)cc1. The lowest BCUT2D eigenvalue weighted by atomic mass is 10.0. The van der Waals surface area contributed by atoms with E-state index >= 15 is 0 Å². The zero-order valence-corrected chi connectivity index (χ0v) is 11.9. The van der Waals surface area contributed by atoms with Crippen molar-refractivity contribution < 1.29 is 19.7 Å². The Morgan fingerprint density at radius 2 is 1.71 bits per heavy atom. The Labute approximate surface area is 122 Å². The van der Waals surface area contributed by atoms with Crippen LogP contribution in [0.3, 0.4) is 0 Å². The number of aromatic hydroxyl groups is 2. The van der Waals surface area contributed by atoms with E-state index in [0.29, 0.717) is 23.4 Å². The number of hydrogen-bond acceptors (Lipinski definition) is 4. The van der Waals surface area contributed by atoms with Crippen molar-refractivity contribution in [1.29, 1.82) is 0 Å². The minimum absolute atomic E-state index is 0.0126. The third-order valence-corrected chi connectivity index (χ3v) is 2.94. The lowest BCUT2D eigenvalue weighted by Gasteiger charge is -2.10. The molecule has 0 saturated heterocycles. The van der Waals surface area contributed by atoms with E-state index in [0.717, 1.165) is 5.56 Å². The molecule has 0 fully saturated rings. The number of anilines is 1. The molecule has 0 aromatic heterocycles. The largest absolute Gasteiger partial charge is 0.507 e. The summed E-state index contributed by atoms with van der Waals surface area (Å²) in [7, 11) is 0. The molecule has 110 valence electrons. The van der Waals surface area contributed by atoms with Gasteiger partial charge in [0.05, 0.1) is 12.2 Å². The van der Waals surface area contributed by atoms with Gasteiger partial charge in [0.1, 0.15) is 11.5 Å². The van der Waals surface area contributed by atoms with Crippen LogP contribution in [0.4, 0.5) is 10.5 Å². The molecular weight excluding hydrogens is 270 g/mol. The minimum Gasteiger partial charge on any atom is -0.507 e. The summed E-state index contributed by atoms with van der Waals surface area (Å²) in [6.45, 7) is 3.82. The lowest BCUT2D eigenvalue weighted by Crippen LogP contribution is -2.13. The second-order valence-corrected chi connectivity index (χ2v) is 4.60. The van der Waals surface area contributed by atoms with Gasteiger partial charge < -0.3 is 14.9 Å². The van der Waals surface area contributed by atoms with Crippen LogP contribution < -0.4 is 5.32 Å². The summed E-state index contributed by atoms with van der Waals surface area (Å²) in [5, 5.41) is 22.5. The molecule has 2 aromatic carbocycles. The summed E-state index contributed by atoms with van der Waals surface area (Å²) in [5.41, 5.74) is 2.36. The van der Waals surface area contributed by atoms with E-state index in [-0.39, 0.29) is 11.5 Å². The third-order valence-electron chi connectivity index (χ3n) is 2.94. The Morgan fingerprint density at radius 3 is 2.24 bits per heavy atom. The van der Waals surface area contributed by atoms with Crippen molar-refractivity contribution >= 4 is 11.8 Å². The maximum absolute atomic E-state index is 11.3. The molecule has 1 amide bonds. The molecule has 0 aliphatic rings. The van der Waals surface area contributed by atoms with Crippen LogP contribution in [0, 0.1) is 6.92 Å². The molecule has 0 spiro atoms. The first-order valence-corrected chi connectivity index (χ1v) is 6.58. The van der Waals surface area contributed by atoms with Crippen LogP contribution in [0.2, 0.25) is 0 Å². The summed E-state index contributed by atoms with van der Waals surface area (Å²) in [6, 6.07) is 9.91. The highest BCUT2D eigenvalue weighted by Gasteiger charge is 2.11. The van der Waals surface area contributed by atoms with Crippen molar-refractivity contribution in [3.8, 4) is 22.6 Å². The first-order chi connectivity index (χ1) is 10.0. The molecule has 0 heterocycles. The molecule has 0 aliphatic carbocycles. The summed E-state index contributed by atoms with van der Waals surface area (Å²) < 4.78 is 4.78. The van der Waals surface area contributed by atoms with Crippen LogP contribution in [0.1, 0.15) is 12.5 Å². The van der Waals surface area contributed by atoms with Crippen LogP contribution in [-0.2, 0) is 4.74 Å². The highest BCUT2D eigenvalue weighted by molar-refractivity contribution is 5.85. The number of rotatable bonds is 3. The lowest BCUT2D eigenvalue weighted by molar-refractivity contribution is 0.168. The van der Waals surface area contributed by atoms with Crippen molar-refractivity contribution in [3.63, 3.8) is 0 Å². The topological polar surface area (TPSA) is 78.8 Å². The van der Waals surface area contributed by atoms with E-state index in [9.17, 15) is 15.0 Å². The molecule has 3 N–H and O–H groups in total. The van der Waals surface area contributed by atoms with Gasteiger partial charge in [-0.05, 0) is 49.2 Å². The average Bonchev–Trinajstić information content (AvgIpc) is 2.39. The standard InChI is InChI=1S/C16H17NO4/c1-3-21-16(20)17-12-6-4-11(5-7-12)15-13(18)8-10(2)9-14(15)19/h4-9,18-19H,3H2,1-2H3,(H,17,20). The Hall–Kier alpha value is -2.69. The van der Waals surface area contributed by atoms with E-state index in [1.807, 2.05) is 0 Å². The predicted octanol–water partition coefficient (Wildman–Crippen LogP) is 3.64. The van der Waals surface area contributed by atoms with E-state index in [4.69, 9.17) is 4.74 Å². The first-order valence-electron chi connectivity index (χ1n) is 6.58. The minimum atomic E-state index is -0.522. The Bertz CT molecular complexity index is 627. The Balaban J connectivity index is 2.25. The molecule has 0 radical (unpaired) electrons. The maximum atomic E-state index is 11.3. The van der Waals surface area contributed by atoms with Gasteiger partial charge in [0.15, 0.2) is 0 Å². The molecule has 5 nitrogen and oxygen atoms in total. The zero-order chi connectivity index (χ0) is 15.4. The third kappa shape index (κ3) is 3.45. The molecular formula is C16H17NO4. The van der Waals surface area contributed by atoms with Crippen molar-refractivity contribution in [2.24, 2.45) is 0 Å². The van der Waals surface area contributed by atoms with Gasteiger partial charge in [0.2, 0.25) is 0 Å². The normalized spacial score (nSPS) is 10.2. The number of carbonyl (C=O) groups excluding carboxylic acids is 1. The van der Waals surface area contributed by atoms with Crippen molar-refractivity contribution in [2.75, 3.05) is 11.9 Å². The molecule has 2 rings (SSSR count). The molecule has 21 heavy (non-hydrogen) atoms. The molecule has 2 aromatic rings. The fraction of sp³-hybridized carbons (Fsp3) is 0.188. The number of ether oxygens (including phenoxy) is 1. The van der Waals surface area contributed by atoms with Gasteiger partial charge in [-0.25, -0.2) is 4.79 Å². The Morgan fingerprint density at radius 1 is 1.14 bits per heavy atom. The van der Waals surface area contributed by atoms with Crippen molar-refractivity contribution in [1.82, 2.24) is 0 Å². The number of benzene rings is 2. The van der Waals surface area contributed by atoms with Gasteiger partial charge in [-0.2, -0.15) is 0 Å². The van der Waals surface area contributed by atoms with Gasteiger partial charge in [-0.15, -0.1) is 0 Å². The van der Waals surface area contributed by atoms with Gasteiger partial charge in [0, 0.05) is 5.69 Å². The van der Waals surface area contributed by atoms with E-state index in [1.54, 1.807) is 50.2 Å². The number of amides is 1. The number of phenols is 2. The summed E-state index contributed by atoms with van der Waals surface area (Å²) >= 11 is 0. The fourth-order valence-corrected chi connectivity index (χ4v) is 2.05. The molecule has 0 unspecified atom stereocenters. The second kappa shape index (κ2) is 6.17. The number of phenolic OH excluding ortho intramolecular Hbond substituents is 2. The number of aryl methyl sites for hydroxylation is 1. The van der Waals surface area contributed by atoms with Crippen LogP contribution in [-0.4, -0.2) is 22.9 Å². The van der Waals surface area contributed by atoms with Gasteiger partial charge in [-0.1, -0.05) is 12.1 Å². The smallest absolute Gasteiger partial charge is 0.411 e. The Kier molecular flexibility index (Phi) is 4.33. The fourth-order valence-electron chi connectivity index (χ4n) is 2.05. The van der Waals surface area contributed by atoms with Crippen LogP contribution in [0.15, 0.2) is 36.4 Å². The zero-order valence-electron chi connectivity index (χ0n) is 11.9. The number of nitrogens with one attached hydrogen (secondary N) is 1.